The van der Waals surface area contributed by atoms with Gasteiger partial charge in [-0.2, -0.15) is 10.4 Å². The van der Waals surface area contributed by atoms with Crippen LogP contribution in [0.3, 0.4) is 0 Å². The number of hydrogen-bond donors (Lipinski definition) is 1. The van der Waals surface area contributed by atoms with Crippen LogP contribution >= 0.6 is 0 Å². The van der Waals surface area contributed by atoms with E-state index in [0.29, 0.717) is 31.6 Å². The van der Waals surface area contributed by atoms with E-state index in [-0.39, 0.29) is 6.04 Å². The molecule has 0 aromatic carbocycles. The minimum absolute atomic E-state index is 0.0870. The van der Waals surface area contributed by atoms with E-state index in [1.165, 1.54) is 4.90 Å². The van der Waals surface area contributed by atoms with Crippen LogP contribution in [-0.2, 0) is 0 Å². The van der Waals surface area contributed by atoms with Gasteiger partial charge < -0.3 is 10.0 Å². The lowest BCUT2D eigenvalue weighted by Gasteiger charge is -2.30. The summed E-state index contributed by atoms with van der Waals surface area (Å²) in [5.74, 6) is 0. The third-order valence-corrected chi connectivity index (χ3v) is 3.23. The lowest BCUT2D eigenvalue weighted by molar-refractivity contribution is 0.123. The predicted octanol–water partition coefficient (Wildman–Crippen LogP) is 1.71. The van der Waals surface area contributed by atoms with Crippen molar-refractivity contribution in [3.8, 4) is 6.07 Å². The van der Waals surface area contributed by atoms with Gasteiger partial charge in [0.25, 0.3) is 0 Å². The molecule has 1 saturated heterocycles. The topological polar surface area (TPSA) is 82.2 Å². The second-order valence-corrected chi connectivity index (χ2v) is 4.21. The van der Waals surface area contributed by atoms with E-state index >= 15 is 0 Å². The number of hydrogen-bond acceptors (Lipinski definition) is 3. The third kappa shape index (κ3) is 2.07. The highest BCUT2D eigenvalue weighted by molar-refractivity contribution is 5.65. The lowest BCUT2D eigenvalue weighted by atomic mass is 10.1. The molecule has 2 rings (SSSR count). The van der Waals surface area contributed by atoms with Gasteiger partial charge in [0, 0.05) is 18.7 Å². The molecule has 1 aromatic heterocycles. The first-order valence-corrected chi connectivity index (χ1v) is 5.75. The van der Waals surface area contributed by atoms with Crippen molar-refractivity contribution in [1.29, 1.82) is 5.26 Å². The SMILES string of the molecule is C=Cc1cnn(C2CCN(C(=O)O)CC2)c1C#N. The summed E-state index contributed by atoms with van der Waals surface area (Å²) in [4.78, 5) is 12.2. The van der Waals surface area contributed by atoms with Crippen molar-refractivity contribution >= 4 is 12.2 Å². The van der Waals surface area contributed by atoms with E-state index in [9.17, 15) is 4.79 Å². The molecule has 0 bridgehead atoms. The Morgan fingerprint density at radius 3 is 2.78 bits per heavy atom. The van der Waals surface area contributed by atoms with Gasteiger partial charge in [-0.25, -0.2) is 4.79 Å². The Morgan fingerprint density at radius 2 is 2.28 bits per heavy atom. The molecule has 0 saturated carbocycles. The molecule has 94 valence electrons. The van der Waals surface area contributed by atoms with E-state index < -0.39 is 6.09 Å². The molecule has 1 fully saturated rings. The molecule has 2 heterocycles. The van der Waals surface area contributed by atoms with Gasteiger partial charge in [-0.05, 0) is 12.8 Å². The molecule has 1 aliphatic heterocycles. The zero-order valence-corrected chi connectivity index (χ0v) is 9.91. The third-order valence-electron chi connectivity index (χ3n) is 3.23. The molecular weight excluding hydrogens is 232 g/mol. The molecule has 1 N–H and O–H groups in total. The fourth-order valence-electron chi connectivity index (χ4n) is 2.22. The quantitative estimate of drug-likeness (QED) is 0.861. The number of carbonyl (C=O) groups is 1. The second-order valence-electron chi connectivity index (χ2n) is 4.21. The molecule has 1 aromatic rings. The normalized spacial score (nSPS) is 16.3. The van der Waals surface area contributed by atoms with E-state index in [1.807, 2.05) is 0 Å². The summed E-state index contributed by atoms with van der Waals surface area (Å²) in [6, 6.07) is 2.21. The minimum atomic E-state index is -0.888. The van der Waals surface area contributed by atoms with Gasteiger partial charge in [0.05, 0.1) is 12.2 Å². The van der Waals surface area contributed by atoms with Gasteiger partial charge in [-0.15, -0.1) is 0 Å². The Kier molecular flexibility index (Phi) is 3.33. The number of piperidine rings is 1. The van der Waals surface area contributed by atoms with Crippen LogP contribution in [0, 0.1) is 11.3 Å². The lowest BCUT2D eigenvalue weighted by Crippen LogP contribution is -2.38. The fourth-order valence-corrected chi connectivity index (χ4v) is 2.22. The van der Waals surface area contributed by atoms with Crippen LogP contribution in [0.15, 0.2) is 12.8 Å². The monoisotopic (exact) mass is 246 g/mol. The average molecular weight is 246 g/mol. The van der Waals surface area contributed by atoms with Crippen molar-refractivity contribution in [1.82, 2.24) is 14.7 Å². The maximum absolute atomic E-state index is 10.8. The van der Waals surface area contributed by atoms with Crippen molar-refractivity contribution in [2.75, 3.05) is 13.1 Å². The number of aromatic nitrogens is 2. The zero-order chi connectivity index (χ0) is 13.1. The number of likely N-dealkylation sites (tertiary alicyclic amines) is 1. The minimum Gasteiger partial charge on any atom is -0.465 e. The summed E-state index contributed by atoms with van der Waals surface area (Å²) >= 11 is 0. The standard InChI is InChI=1S/C12H14N4O2/c1-2-9-8-14-16(11(9)7-13)10-3-5-15(6-4-10)12(17)18/h2,8,10H,1,3-6H2,(H,17,18). The molecule has 1 aliphatic rings. The van der Waals surface area contributed by atoms with Gasteiger partial charge in [-0.1, -0.05) is 12.7 Å². The van der Waals surface area contributed by atoms with Crippen molar-refractivity contribution in [2.45, 2.75) is 18.9 Å². The summed E-state index contributed by atoms with van der Waals surface area (Å²) in [5, 5.41) is 22.2. The number of amides is 1. The number of nitriles is 1. The summed E-state index contributed by atoms with van der Waals surface area (Å²) < 4.78 is 1.69. The van der Waals surface area contributed by atoms with E-state index in [1.54, 1.807) is 17.0 Å². The van der Waals surface area contributed by atoms with E-state index in [2.05, 4.69) is 17.7 Å². The Hall–Kier alpha value is -2.29. The summed E-state index contributed by atoms with van der Waals surface area (Å²) in [7, 11) is 0. The summed E-state index contributed by atoms with van der Waals surface area (Å²) in [5.41, 5.74) is 1.22. The maximum atomic E-state index is 10.8. The molecule has 0 unspecified atom stereocenters. The highest BCUT2D eigenvalue weighted by Crippen LogP contribution is 2.24. The maximum Gasteiger partial charge on any atom is 0.407 e. The van der Waals surface area contributed by atoms with Gasteiger partial charge in [-0.3, -0.25) is 4.68 Å². The highest BCUT2D eigenvalue weighted by atomic mass is 16.4. The van der Waals surface area contributed by atoms with Crippen molar-refractivity contribution < 1.29 is 9.90 Å². The first-order valence-electron chi connectivity index (χ1n) is 5.75. The van der Waals surface area contributed by atoms with Gasteiger partial charge in [0.2, 0.25) is 0 Å². The summed E-state index contributed by atoms with van der Waals surface area (Å²) in [6.07, 6.45) is 3.70. The van der Waals surface area contributed by atoms with E-state index in [4.69, 9.17) is 10.4 Å². The Labute approximate surface area is 105 Å². The van der Waals surface area contributed by atoms with Crippen molar-refractivity contribution in [2.24, 2.45) is 0 Å². The smallest absolute Gasteiger partial charge is 0.407 e. The van der Waals surface area contributed by atoms with Crippen LogP contribution < -0.4 is 0 Å². The van der Waals surface area contributed by atoms with Crippen LogP contribution in [0.5, 0.6) is 0 Å². The van der Waals surface area contributed by atoms with Crippen LogP contribution in [0.4, 0.5) is 4.79 Å². The molecule has 0 aliphatic carbocycles. The van der Waals surface area contributed by atoms with Crippen LogP contribution in [-0.4, -0.2) is 39.0 Å². The number of rotatable bonds is 2. The first-order chi connectivity index (χ1) is 8.67. The molecule has 1 amide bonds. The fraction of sp³-hybridized carbons (Fsp3) is 0.417. The Morgan fingerprint density at radius 1 is 1.61 bits per heavy atom. The predicted molar refractivity (Wildman–Crippen MR) is 64.9 cm³/mol. The second kappa shape index (κ2) is 4.92. The van der Waals surface area contributed by atoms with Gasteiger partial charge >= 0.3 is 6.09 Å². The Bertz CT molecular complexity index is 507. The van der Waals surface area contributed by atoms with Crippen LogP contribution in [0.1, 0.15) is 30.1 Å². The van der Waals surface area contributed by atoms with Crippen LogP contribution in [0.2, 0.25) is 0 Å². The molecule has 0 radical (unpaired) electrons. The van der Waals surface area contributed by atoms with E-state index in [0.717, 1.165) is 5.56 Å². The van der Waals surface area contributed by atoms with Crippen LogP contribution in [0.25, 0.3) is 6.08 Å². The molecular formula is C12H14N4O2. The van der Waals surface area contributed by atoms with Crippen molar-refractivity contribution in [3.63, 3.8) is 0 Å². The zero-order valence-electron chi connectivity index (χ0n) is 9.91. The molecule has 6 heteroatoms. The van der Waals surface area contributed by atoms with Gasteiger partial charge in [0.1, 0.15) is 11.8 Å². The number of carboxylic acid groups (broad SMARTS) is 1. The molecule has 0 atom stereocenters. The highest BCUT2D eigenvalue weighted by Gasteiger charge is 2.25. The molecule has 0 spiro atoms. The largest absolute Gasteiger partial charge is 0.465 e. The van der Waals surface area contributed by atoms with Gasteiger partial charge in [0.15, 0.2) is 0 Å². The molecule has 18 heavy (non-hydrogen) atoms. The Balaban J connectivity index is 2.15. The summed E-state index contributed by atoms with van der Waals surface area (Å²) in [6.45, 7) is 4.60. The average Bonchev–Trinajstić information content (AvgIpc) is 2.81. The van der Waals surface area contributed by atoms with Crippen molar-refractivity contribution in [3.05, 3.63) is 24.0 Å². The number of nitrogens with zero attached hydrogens (tertiary/aromatic N) is 4. The first kappa shape index (κ1) is 12.2. The molecule has 6 nitrogen and oxygen atoms in total.